The lowest BCUT2D eigenvalue weighted by Gasteiger charge is -2.39. The van der Waals surface area contributed by atoms with Gasteiger partial charge in [0, 0.05) is 43.5 Å². The molecule has 0 spiro atoms. The number of hydrogen-bond acceptors (Lipinski definition) is 4. The Balaban J connectivity index is 2.00. The van der Waals surface area contributed by atoms with Crippen molar-refractivity contribution in [1.82, 2.24) is 9.80 Å². The van der Waals surface area contributed by atoms with Crippen LogP contribution in [0.2, 0.25) is 5.02 Å². The first kappa shape index (κ1) is 21.7. The largest absolute Gasteiger partial charge is 0.450 e. The summed E-state index contributed by atoms with van der Waals surface area (Å²) >= 11 is 11.8. The molecule has 0 radical (unpaired) electrons. The van der Waals surface area contributed by atoms with E-state index in [-0.39, 0.29) is 12.1 Å². The van der Waals surface area contributed by atoms with Crippen LogP contribution in [0.4, 0.5) is 10.5 Å². The van der Waals surface area contributed by atoms with Crippen LogP contribution >= 0.6 is 23.8 Å². The standard InChI is InChI=1S/C19H28ClN3O3S/c1-4-26-19(24)22-9-7-16(8-10-22)23(11-12-25-3)18(27)21-15-5-6-17(20)14(2)13-15/h5-6,13,16H,4,7-12H2,1-3H3,(H,21,27). The van der Waals surface area contributed by atoms with E-state index in [1.807, 2.05) is 32.0 Å². The fraction of sp³-hybridized carbons (Fsp3) is 0.579. The molecule has 0 bridgehead atoms. The number of rotatable bonds is 6. The van der Waals surface area contributed by atoms with Gasteiger partial charge in [-0.1, -0.05) is 11.6 Å². The van der Waals surface area contributed by atoms with Gasteiger partial charge in [0.05, 0.1) is 13.2 Å². The van der Waals surface area contributed by atoms with Crippen molar-refractivity contribution in [3.8, 4) is 0 Å². The number of carbonyl (C=O) groups is 1. The topological polar surface area (TPSA) is 54.0 Å². The van der Waals surface area contributed by atoms with Crippen LogP contribution in [0.25, 0.3) is 0 Å². The fourth-order valence-corrected chi connectivity index (χ4v) is 3.61. The molecule has 1 aliphatic heterocycles. The highest BCUT2D eigenvalue weighted by atomic mass is 35.5. The summed E-state index contributed by atoms with van der Waals surface area (Å²) in [6, 6.07) is 6.00. The lowest BCUT2D eigenvalue weighted by Crippen LogP contribution is -2.50. The molecule has 1 saturated heterocycles. The molecule has 0 atom stereocenters. The van der Waals surface area contributed by atoms with Gasteiger partial charge in [-0.05, 0) is 62.7 Å². The predicted molar refractivity (Wildman–Crippen MR) is 113 cm³/mol. The van der Waals surface area contributed by atoms with E-state index in [1.165, 1.54) is 0 Å². The number of nitrogens with zero attached hydrogens (tertiary/aromatic N) is 2. The Morgan fingerprint density at radius 1 is 1.41 bits per heavy atom. The minimum absolute atomic E-state index is 0.239. The number of benzene rings is 1. The minimum atomic E-state index is -0.239. The number of carbonyl (C=O) groups excluding carboxylic acids is 1. The Morgan fingerprint density at radius 3 is 2.70 bits per heavy atom. The first-order valence-electron chi connectivity index (χ1n) is 9.20. The number of nitrogens with one attached hydrogen (secondary N) is 1. The van der Waals surface area contributed by atoms with Crippen LogP contribution in [0.3, 0.4) is 0 Å². The summed E-state index contributed by atoms with van der Waals surface area (Å²) in [7, 11) is 1.68. The van der Waals surface area contributed by atoms with Crippen molar-refractivity contribution in [3.05, 3.63) is 28.8 Å². The molecule has 1 aliphatic rings. The second kappa shape index (κ2) is 10.7. The molecule has 1 aromatic carbocycles. The second-order valence-electron chi connectivity index (χ2n) is 6.50. The van der Waals surface area contributed by atoms with Crippen molar-refractivity contribution in [2.24, 2.45) is 0 Å². The maximum atomic E-state index is 11.9. The van der Waals surface area contributed by atoms with Crippen LogP contribution < -0.4 is 5.32 Å². The smallest absolute Gasteiger partial charge is 0.409 e. The zero-order valence-corrected chi connectivity index (χ0v) is 17.7. The second-order valence-corrected chi connectivity index (χ2v) is 7.29. The molecule has 1 amide bonds. The number of aryl methyl sites for hydroxylation is 1. The maximum Gasteiger partial charge on any atom is 0.409 e. The van der Waals surface area contributed by atoms with Gasteiger partial charge in [0.2, 0.25) is 0 Å². The van der Waals surface area contributed by atoms with Gasteiger partial charge in [-0.3, -0.25) is 0 Å². The van der Waals surface area contributed by atoms with Crippen molar-refractivity contribution in [2.75, 3.05) is 45.3 Å². The number of piperidine rings is 1. The highest BCUT2D eigenvalue weighted by Gasteiger charge is 2.28. The molecule has 0 aliphatic carbocycles. The summed E-state index contributed by atoms with van der Waals surface area (Å²) in [5.41, 5.74) is 1.91. The monoisotopic (exact) mass is 413 g/mol. The summed E-state index contributed by atoms with van der Waals surface area (Å²) in [5, 5.41) is 4.69. The van der Waals surface area contributed by atoms with E-state index in [4.69, 9.17) is 33.3 Å². The highest BCUT2D eigenvalue weighted by molar-refractivity contribution is 7.80. The third-order valence-corrected chi connectivity index (χ3v) is 5.40. The van der Waals surface area contributed by atoms with E-state index in [2.05, 4.69) is 10.2 Å². The molecule has 2 rings (SSSR count). The average Bonchev–Trinajstić information content (AvgIpc) is 2.66. The number of amides is 1. The summed E-state index contributed by atoms with van der Waals surface area (Å²) in [4.78, 5) is 15.8. The Morgan fingerprint density at radius 2 is 2.11 bits per heavy atom. The first-order valence-corrected chi connectivity index (χ1v) is 9.99. The van der Waals surface area contributed by atoms with Gasteiger partial charge in [0.25, 0.3) is 0 Å². The molecule has 27 heavy (non-hydrogen) atoms. The summed E-state index contributed by atoms with van der Waals surface area (Å²) in [6.45, 7) is 6.78. The zero-order chi connectivity index (χ0) is 19.8. The lowest BCUT2D eigenvalue weighted by atomic mass is 10.0. The Bertz CT molecular complexity index is 651. The van der Waals surface area contributed by atoms with Gasteiger partial charge in [0.15, 0.2) is 5.11 Å². The van der Waals surface area contributed by atoms with E-state index in [0.29, 0.717) is 38.0 Å². The molecule has 0 aromatic heterocycles. The van der Waals surface area contributed by atoms with Crippen LogP contribution in [-0.4, -0.2) is 67.0 Å². The van der Waals surface area contributed by atoms with Gasteiger partial charge in [-0.2, -0.15) is 0 Å². The summed E-state index contributed by atoms with van der Waals surface area (Å²) in [5.74, 6) is 0. The highest BCUT2D eigenvalue weighted by Crippen LogP contribution is 2.22. The third-order valence-electron chi connectivity index (χ3n) is 4.64. The van der Waals surface area contributed by atoms with E-state index in [0.717, 1.165) is 29.1 Å². The Kier molecular flexibility index (Phi) is 8.60. The number of thiocarbonyl (C=S) groups is 1. The number of likely N-dealkylation sites (tertiary alicyclic amines) is 1. The fourth-order valence-electron chi connectivity index (χ4n) is 3.13. The number of anilines is 1. The van der Waals surface area contributed by atoms with Crippen molar-refractivity contribution in [2.45, 2.75) is 32.7 Å². The molecular formula is C19H28ClN3O3S. The van der Waals surface area contributed by atoms with E-state index in [9.17, 15) is 4.79 Å². The molecule has 1 fully saturated rings. The van der Waals surface area contributed by atoms with Gasteiger partial charge in [-0.15, -0.1) is 0 Å². The van der Waals surface area contributed by atoms with Gasteiger partial charge in [0.1, 0.15) is 0 Å². The van der Waals surface area contributed by atoms with Crippen LogP contribution in [0.1, 0.15) is 25.3 Å². The van der Waals surface area contributed by atoms with Gasteiger partial charge < -0.3 is 24.6 Å². The third kappa shape index (κ3) is 6.23. The van der Waals surface area contributed by atoms with Crippen LogP contribution in [-0.2, 0) is 9.47 Å². The molecule has 150 valence electrons. The Labute approximate surface area is 171 Å². The molecule has 8 heteroatoms. The van der Waals surface area contributed by atoms with E-state index < -0.39 is 0 Å². The first-order chi connectivity index (χ1) is 13.0. The van der Waals surface area contributed by atoms with Gasteiger partial charge >= 0.3 is 6.09 Å². The molecule has 1 heterocycles. The van der Waals surface area contributed by atoms with Crippen molar-refractivity contribution < 1.29 is 14.3 Å². The van der Waals surface area contributed by atoms with Crippen molar-refractivity contribution >= 4 is 40.7 Å². The normalized spacial score (nSPS) is 14.7. The zero-order valence-electron chi connectivity index (χ0n) is 16.2. The lowest BCUT2D eigenvalue weighted by molar-refractivity contribution is 0.0829. The molecule has 0 saturated carbocycles. The van der Waals surface area contributed by atoms with Crippen molar-refractivity contribution in [1.29, 1.82) is 0 Å². The summed E-state index contributed by atoms with van der Waals surface area (Å²) in [6.07, 6.45) is 1.44. The van der Waals surface area contributed by atoms with E-state index in [1.54, 1.807) is 12.0 Å². The van der Waals surface area contributed by atoms with Crippen LogP contribution in [0.5, 0.6) is 0 Å². The number of halogens is 1. The van der Waals surface area contributed by atoms with Crippen LogP contribution in [0, 0.1) is 6.92 Å². The van der Waals surface area contributed by atoms with Gasteiger partial charge in [-0.25, -0.2) is 4.79 Å². The molecule has 0 unspecified atom stereocenters. The molecule has 1 aromatic rings. The average molecular weight is 414 g/mol. The number of ether oxygens (including phenoxy) is 2. The number of hydrogen-bond donors (Lipinski definition) is 1. The summed E-state index contributed by atoms with van der Waals surface area (Å²) < 4.78 is 10.4. The predicted octanol–water partition coefficient (Wildman–Crippen LogP) is 3.91. The minimum Gasteiger partial charge on any atom is -0.450 e. The number of methoxy groups -OCH3 is 1. The maximum absolute atomic E-state index is 11.9. The molecular weight excluding hydrogens is 386 g/mol. The quantitative estimate of drug-likeness (QED) is 0.713. The SMILES string of the molecule is CCOC(=O)N1CCC(N(CCOC)C(=S)Nc2ccc(Cl)c(C)c2)CC1. The van der Waals surface area contributed by atoms with Crippen LogP contribution in [0.15, 0.2) is 18.2 Å². The molecule has 1 N–H and O–H groups in total. The molecule has 6 nitrogen and oxygen atoms in total. The Hall–Kier alpha value is -1.57. The van der Waals surface area contributed by atoms with E-state index >= 15 is 0 Å². The van der Waals surface area contributed by atoms with Crippen molar-refractivity contribution in [3.63, 3.8) is 0 Å².